The molecule has 7 heteroatoms. The molecule has 19 heavy (non-hydrogen) atoms. The molecule has 1 aromatic rings. The molecule has 0 amide bonds. The van der Waals surface area contributed by atoms with Crippen LogP contribution < -0.4 is 10.6 Å². The normalized spacial score (nSPS) is 18.6. The maximum absolute atomic E-state index is 11.2. The van der Waals surface area contributed by atoms with Gasteiger partial charge in [-0.1, -0.05) is 13.3 Å². The molecule has 2 heterocycles. The Bertz CT molecular complexity index is 550. The minimum atomic E-state index is -2.90. The Morgan fingerprint density at radius 2 is 2.21 bits per heavy atom. The Balaban J connectivity index is 2.07. The smallest absolute Gasteiger partial charge is 0.148 e. The second-order valence-electron chi connectivity index (χ2n) is 5.18. The van der Waals surface area contributed by atoms with Gasteiger partial charge in [0, 0.05) is 25.9 Å². The largest absolute Gasteiger partial charge is 0.378 e. The molecule has 0 saturated heterocycles. The summed E-state index contributed by atoms with van der Waals surface area (Å²) in [5.41, 5.74) is 2.15. The third kappa shape index (κ3) is 3.40. The van der Waals surface area contributed by atoms with Crippen LogP contribution >= 0.6 is 0 Å². The Hall–Kier alpha value is -1.24. The SMILES string of the molecule is CCCc1nn(C)c2c1NCC(CCS(C)(=O)=O)N2. The molecule has 0 aliphatic carbocycles. The van der Waals surface area contributed by atoms with Crippen LogP contribution in [0.2, 0.25) is 0 Å². The maximum atomic E-state index is 11.2. The molecule has 2 rings (SSSR count). The Morgan fingerprint density at radius 3 is 2.84 bits per heavy atom. The number of nitrogens with zero attached hydrogens (tertiary/aromatic N) is 2. The number of nitrogens with one attached hydrogen (secondary N) is 2. The van der Waals surface area contributed by atoms with Gasteiger partial charge in [0.1, 0.15) is 21.3 Å². The average molecular weight is 286 g/mol. The van der Waals surface area contributed by atoms with Gasteiger partial charge in [0.15, 0.2) is 0 Å². The van der Waals surface area contributed by atoms with Crippen molar-refractivity contribution in [3.8, 4) is 0 Å². The minimum Gasteiger partial charge on any atom is -0.378 e. The van der Waals surface area contributed by atoms with Crippen LogP contribution in [0.3, 0.4) is 0 Å². The molecule has 0 spiro atoms. The van der Waals surface area contributed by atoms with E-state index in [1.807, 2.05) is 11.7 Å². The van der Waals surface area contributed by atoms with Crippen LogP contribution in [-0.4, -0.2) is 42.8 Å². The second-order valence-corrected chi connectivity index (χ2v) is 7.44. The van der Waals surface area contributed by atoms with Crippen LogP contribution in [0, 0.1) is 0 Å². The van der Waals surface area contributed by atoms with Gasteiger partial charge in [0.05, 0.1) is 11.4 Å². The first kappa shape index (κ1) is 14.2. The Morgan fingerprint density at radius 1 is 1.47 bits per heavy atom. The first-order chi connectivity index (χ1) is 8.90. The highest BCUT2D eigenvalue weighted by Gasteiger charge is 2.24. The Labute approximate surface area is 114 Å². The predicted molar refractivity (Wildman–Crippen MR) is 77.4 cm³/mol. The highest BCUT2D eigenvalue weighted by molar-refractivity contribution is 7.90. The van der Waals surface area contributed by atoms with Crippen LogP contribution in [0.15, 0.2) is 0 Å². The zero-order valence-electron chi connectivity index (χ0n) is 11.7. The van der Waals surface area contributed by atoms with Crippen molar-refractivity contribution >= 4 is 21.3 Å². The third-order valence-electron chi connectivity index (χ3n) is 3.31. The number of aromatic nitrogens is 2. The highest BCUT2D eigenvalue weighted by atomic mass is 32.2. The fourth-order valence-electron chi connectivity index (χ4n) is 2.34. The summed E-state index contributed by atoms with van der Waals surface area (Å²) in [5.74, 6) is 1.18. The van der Waals surface area contributed by atoms with Crippen LogP contribution in [-0.2, 0) is 23.3 Å². The van der Waals surface area contributed by atoms with Gasteiger partial charge in [-0.25, -0.2) is 8.42 Å². The van der Waals surface area contributed by atoms with Crippen LogP contribution in [0.25, 0.3) is 0 Å². The number of fused-ring (bicyclic) bond motifs is 1. The van der Waals surface area contributed by atoms with Crippen molar-refractivity contribution in [1.29, 1.82) is 0 Å². The van der Waals surface area contributed by atoms with E-state index in [0.717, 1.165) is 36.6 Å². The van der Waals surface area contributed by atoms with Crippen LogP contribution in [0.5, 0.6) is 0 Å². The molecule has 1 aliphatic rings. The summed E-state index contributed by atoms with van der Waals surface area (Å²) in [5, 5.41) is 11.3. The second kappa shape index (κ2) is 5.40. The predicted octanol–water partition coefficient (Wildman–Crippen LogP) is 1.01. The summed E-state index contributed by atoms with van der Waals surface area (Å²) in [6.45, 7) is 2.87. The van der Waals surface area contributed by atoms with Gasteiger partial charge in [-0.05, 0) is 12.8 Å². The van der Waals surface area contributed by atoms with Crippen molar-refractivity contribution < 1.29 is 8.42 Å². The van der Waals surface area contributed by atoms with Gasteiger partial charge in [-0.3, -0.25) is 4.68 Å². The zero-order valence-corrected chi connectivity index (χ0v) is 12.5. The topological polar surface area (TPSA) is 76.0 Å². The van der Waals surface area contributed by atoms with E-state index >= 15 is 0 Å². The number of anilines is 2. The molecule has 1 unspecified atom stereocenters. The summed E-state index contributed by atoms with van der Waals surface area (Å²) in [7, 11) is -0.996. The molecule has 1 atom stereocenters. The van der Waals surface area contributed by atoms with Crippen molar-refractivity contribution in [3.05, 3.63) is 5.69 Å². The van der Waals surface area contributed by atoms with E-state index < -0.39 is 9.84 Å². The lowest BCUT2D eigenvalue weighted by Crippen LogP contribution is -2.35. The van der Waals surface area contributed by atoms with Crippen molar-refractivity contribution in [2.75, 3.05) is 29.2 Å². The van der Waals surface area contributed by atoms with Gasteiger partial charge in [0.25, 0.3) is 0 Å². The summed E-state index contributed by atoms with van der Waals surface area (Å²) >= 11 is 0. The van der Waals surface area contributed by atoms with Crippen LogP contribution in [0.1, 0.15) is 25.5 Å². The maximum Gasteiger partial charge on any atom is 0.148 e. The lowest BCUT2D eigenvalue weighted by Gasteiger charge is -2.26. The molecule has 1 aliphatic heterocycles. The number of sulfone groups is 1. The molecule has 0 radical (unpaired) electrons. The summed E-state index contributed by atoms with van der Waals surface area (Å²) in [4.78, 5) is 0. The highest BCUT2D eigenvalue weighted by Crippen LogP contribution is 2.30. The number of rotatable bonds is 5. The standard InChI is InChI=1S/C12H22N4O2S/c1-4-5-10-11-12(16(2)15-10)14-9(8-13-11)6-7-19(3,17)18/h9,13-14H,4-8H2,1-3H3. The van der Waals surface area contributed by atoms with E-state index in [0.29, 0.717) is 6.42 Å². The minimum absolute atomic E-state index is 0.132. The van der Waals surface area contributed by atoms with Crippen molar-refractivity contribution in [3.63, 3.8) is 0 Å². The van der Waals surface area contributed by atoms with Gasteiger partial charge >= 0.3 is 0 Å². The summed E-state index contributed by atoms with van der Waals surface area (Å²) in [6.07, 6.45) is 3.90. The first-order valence-corrected chi connectivity index (χ1v) is 8.70. The number of hydrogen-bond acceptors (Lipinski definition) is 5. The lowest BCUT2D eigenvalue weighted by atomic mass is 10.1. The molecular weight excluding hydrogens is 264 g/mol. The van der Waals surface area contributed by atoms with E-state index in [9.17, 15) is 8.42 Å². The summed E-state index contributed by atoms with van der Waals surface area (Å²) < 4.78 is 24.3. The van der Waals surface area contributed by atoms with Crippen molar-refractivity contribution in [2.24, 2.45) is 7.05 Å². The fourth-order valence-corrected chi connectivity index (χ4v) is 3.06. The van der Waals surface area contributed by atoms with E-state index in [1.165, 1.54) is 6.26 Å². The molecule has 1 aromatic heterocycles. The molecule has 108 valence electrons. The lowest BCUT2D eigenvalue weighted by molar-refractivity contribution is 0.593. The van der Waals surface area contributed by atoms with Gasteiger partial charge in [-0.2, -0.15) is 5.10 Å². The van der Waals surface area contributed by atoms with Gasteiger partial charge in [-0.15, -0.1) is 0 Å². The van der Waals surface area contributed by atoms with E-state index in [2.05, 4.69) is 22.7 Å². The van der Waals surface area contributed by atoms with E-state index in [4.69, 9.17) is 0 Å². The Kier molecular flexibility index (Phi) is 4.03. The van der Waals surface area contributed by atoms with Gasteiger partial charge < -0.3 is 10.6 Å². The number of aryl methyl sites for hydroxylation is 2. The summed E-state index contributed by atoms with van der Waals surface area (Å²) in [6, 6.07) is 0.132. The van der Waals surface area contributed by atoms with Gasteiger partial charge in [0.2, 0.25) is 0 Å². The molecule has 2 N–H and O–H groups in total. The molecule has 0 aromatic carbocycles. The monoisotopic (exact) mass is 286 g/mol. The van der Waals surface area contributed by atoms with Crippen LogP contribution in [0.4, 0.5) is 11.5 Å². The molecule has 0 bridgehead atoms. The quantitative estimate of drug-likeness (QED) is 0.845. The molecule has 0 fully saturated rings. The molecular formula is C12H22N4O2S. The third-order valence-corrected chi connectivity index (χ3v) is 4.29. The van der Waals surface area contributed by atoms with Crippen molar-refractivity contribution in [1.82, 2.24) is 9.78 Å². The average Bonchev–Trinajstić information content (AvgIpc) is 2.63. The molecule has 0 saturated carbocycles. The first-order valence-electron chi connectivity index (χ1n) is 6.64. The molecule has 6 nitrogen and oxygen atoms in total. The van der Waals surface area contributed by atoms with Crippen molar-refractivity contribution in [2.45, 2.75) is 32.2 Å². The van der Waals surface area contributed by atoms with E-state index in [1.54, 1.807) is 0 Å². The van der Waals surface area contributed by atoms with E-state index in [-0.39, 0.29) is 11.8 Å². The number of hydrogen-bond donors (Lipinski definition) is 2. The fraction of sp³-hybridized carbons (Fsp3) is 0.750. The zero-order chi connectivity index (χ0) is 14.0.